The molecule has 6 heteroatoms. The summed E-state index contributed by atoms with van der Waals surface area (Å²) >= 11 is 4.71. The lowest BCUT2D eigenvalue weighted by molar-refractivity contribution is 0.282. The third kappa shape index (κ3) is 4.96. The molecule has 82 valence electrons. The minimum atomic E-state index is -3.47. The van der Waals surface area contributed by atoms with E-state index < -0.39 is 16.2 Å². The van der Waals surface area contributed by atoms with Crippen molar-refractivity contribution < 1.29 is 12.6 Å². The second-order valence-corrected chi connectivity index (χ2v) is 4.91. The standard InChI is InChI=1S/C9H11NO3S2/c1-15(11,12)13-9(7-14)6-8-2-4-10-5-3-8/h2-5,7,9H,6H2,1H3. The van der Waals surface area contributed by atoms with Gasteiger partial charge in [0.1, 0.15) is 6.10 Å². The Kier molecular flexibility index (Phi) is 4.31. The number of rotatable bonds is 5. The summed E-state index contributed by atoms with van der Waals surface area (Å²) in [6, 6.07) is 3.58. The average Bonchev–Trinajstić information content (AvgIpc) is 2.16. The van der Waals surface area contributed by atoms with Crippen LogP contribution in [0.15, 0.2) is 24.5 Å². The molecule has 0 aliphatic rings. The number of hydrogen-bond donors (Lipinski definition) is 0. The highest BCUT2D eigenvalue weighted by Gasteiger charge is 2.13. The van der Waals surface area contributed by atoms with E-state index in [1.54, 1.807) is 24.5 Å². The van der Waals surface area contributed by atoms with Crippen molar-refractivity contribution in [2.45, 2.75) is 12.5 Å². The normalized spacial score (nSPS) is 13.4. The van der Waals surface area contributed by atoms with Gasteiger partial charge in [0, 0.05) is 24.2 Å². The van der Waals surface area contributed by atoms with Gasteiger partial charge in [0.05, 0.1) is 6.26 Å². The Bertz CT molecular complexity index is 416. The number of pyridine rings is 1. The van der Waals surface area contributed by atoms with Crippen molar-refractivity contribution >= 4 is 27.7 Å². The summed E-state index contributed by atoms with van der Waals surface area (Å²) in [5, 5.41) is 1.31. The Balaban J connectivity index is 2.67. The van der Waals surface area contributed by atoms with Gasteiger partial charge in [-0.15, -0.1) is 0 Å². The van der Waals surface area contributed by atoms with E-state index in [-0.39, 0.29) is 0 Å². The third-order valence-electron chi connectivity index (χ3n) is 1.64. The van der Waals surface area contributed by atoms with E-state index in [9.17, 15) is 8.42 Å². The first-order chi connectivity index (χ1) is 7.01. The van der Waals surface area contributed by atoms with E-state index in [2.05, 4.69) is 4.98 Å². The highest BCUT2D eigenvalue weighted by molar-refractivity contribution is 7.86. The summed E-state index contributed by atoms with van der Waals surface area (Å²) < 4.78 is 26.6. The smallest absolute Gasteiger partial charge is 0.264 e. The zero-order valence-corrected chi connectivity index (χ0v) is 9.79. The van der Waals surface area contributed by atoms with Crippen LogP contribution < -0.4 is 0 Å². The molecule has 1 rings (SSSR count). The summed E-state index contributed by atoms with van der Waals surface area (Å²) in [4.78, 5) is 3.86. The zero-order chi connectivity index (χ0) is 11.3. The van der Waals surface area contributed by atoms with Crippen molar-refractivity contribution in [3.05, 3.63) is 30.1 Å². The lowest BCUT2D eigenvalue weighted by Crippen LogP contribution is -2.20. The molecular weight excluding hydrogens is 234 g/mol. The van der Waals surface area contributed by atoms with Gasteiger partial charge in [-0.2, -0.15) is 8.42 Å². The van der Waals surface area contributed by atoms with Crippen LogP contribution in [-0.2, 0) is 20.7 Å². The maximum absolute atomic E-state index is 10.9. The first-order valence-corrected chi connectivity index (χ1v) is 6.52. The maximum Gasteiger partial charge on any atom is 0.264 e. The molecule has 0 amide bonds. The van der Waals surface area contributed by atoms with Gasteiger partial charge >= 0.3 is 0 Å². The van der Waals surface area contributed by atoms with Gasteiger partial charge in [-0.05, 0) is 17.7 Å². The molecule has 0 aliphatic carbocycles. The van der Waals surface area contributed by atoms with Gasteiger partial charge in [-0.1, -0.05) is 12.2 Å². The van der Waals surface area contributed by atoms with Crippen molar-refractivity contribution in [1.82, 2.24) is 4.98 Å². The summed E-state index contributed by atoms with van der Waals surface area (Å²) in [7, 11) is -3.47. The average molecular weight is 245 g/mol. The molecule has 1 aromatic rings. The van der Waals surface area contributed by atoms with Crippen molar-refractivity contribution in [3.8, 4) is 0 Å². The molecule has 0 aliphatic heterocycles. The molecular formula is C9H11NO3S2. The van der Waals surface area contributed by atoms with Gasteiger partial charge in [0.15, 0.2) is 0 Å². The predicted octanol–water partition coefficient (Wildman–Crippen LogP) is 0.969. The maximum atomic E-state index is 10.9. The van der Waals surface area contributed by atoms with Gasteiger partial charge in [0.25, 0.3) is 10.1 Å². The third-order valence-corrected chi connectivity index (χ3v) is 2.54. The molecule has 4 nitrogen and oxygen atoms in total. The molecule has 0 spiro atoms. The van der Waals surface area contributed by atoms with Crippen molar-refractivity contribution in [1.29, 1.82) is 0 Å². The van der Waals surface area contributed by atoms with Crippen LogP contribution >= 0.6 is 12.2 Å². The second-order valence-electron chi connectivity index (χ2n) is 3.03. The zero-order valence-electron chi connectivity index (χ0n) is 8.16. The summed E-state index contributed by atoms with van der Waals surface area (Å²) in [5.41, 5.74) is 0.930. The van der Waals surface area contributed by atoms with Crippen LogP contribution in [-0.4, -0.2) is 31.1 Å². The Morgan fingerprint density at radius 2 is 2.13 bits per heavy atom. The van der Waals surface area contributed by atoms with Crippen molar-refractivity contribution in [3.63, 3.8) is 0 Å². The van der Waals surface area contributed by atoms with Crippen molar-refractivity contribution in [2.75, 3.05) is 6.26 Å². The summed E-state index contributed by atoms with van der Waals surface area (Å²) in [6.07, 6.45) is 4.11. The molecule has 15 heavy (non-hydrogen) atoms. The molecule has 0 fully saturated rings. The second kappa shape index (κ2) is 5.29. The quantitative estimate of drug-likeness (QED) is 0.571. The van der Waals surface area contributed by atoms with Crippen LogP contribution in [0.4, 0.5) is 0 Å². The fourth-order valence-corrected chi connectivity index (χ4v) is 1.88. The van der Waals surface area contributed by atoms with Crippen LogP contribution in [0.5, 0.6) is 0 Å². The monoisotopic (exact) mass is 245 g/mol. The molecule has 0 radical (unpaired) electrons. The molecule has 0 bridgehead atoms. The molecule has 0 saturated carbocycles. The van der Waals surface area contributed by atoms with Crippen LogP contribution in [0.2, 0.25) is 0 Å². The number of aromatic nitrogens is 1. The van der Waals surface area contributed by atoms with E-state index >= 15 is 0 Å². The Morgan fingerprint density at radius 3 is 2.60 bits per heavy atom. The van der Waals surface area contributed by atoms with Crippen LogP contribution in [0, 0.1) is 0 Å². The molecule has 1 atom stereocenters. The summed E-state index contributed by atoms with van der Waals surface area (Å²) in [5.74, 6) is 0. The predicted molar refractivity (Wildman–Crippen MR) is 61.3 cm³/mol. The van der Waals surface area contributed by atoms with E-state index in [0.717, 1.165) is 11.8 Å². The molecule has 1 heterocycles. The lowest BCUT2D eigenvalue weighted by Gasteiger charge is -2.10. The van der Waals surface area contributed by atoms with Crippen LogP contribution in [0.3, 0.4) is 0 Å². The fraction of sp³-hybridized carbons (Fsp3) is 0.333. The van der Waals surface area contributed by atoms with Crippen LogP contribution in [0.25, 0.3) is 0 Å². The SMILES string of the molecule is CS(=O)(=O)OC(C=S)Cc1ccncc1. The minimum absolute atomic E-state index is 0.430. The number of hydrogen-bond acceptors (Lipinski definition) is 5. The van der Waals surface area contributed by atoms with Gasteiger partial charge in [0.2, 0.25) is 0 Å². The Hall–Kier alpha value is -0.850. The molecule has 1 aromatic heterocycles. The first kappa shape index (κ1) is 12.2. The highest BCUT2D eigenvalue weighted by atomic mass is 32.2. The summed E-state index contributed by atoms with van der Waals surface area (Å²) in [6.45, 7) is 0. The van der Waals surface area contributed by atoms with Crippen LogP contribution in [0.1, 0.15) is 5.56 Å². The Labute approximate surface area is 94.4 Å². The van der Waals surface area contributed by atoms with Crippen molar-refractivity contribution in [2.24, 2.45) is 0 Å². The van der Waals surface area contributed by atoms with E-state index in [0.29, 0.717) is 6.42 Å². The Morgan fingerprint density at radius 1 is 1.53 bits per heavy atom. The highest BCUT2D eigenvalue weighted by Crippen LogP contribution is 2.06. The first-order valence-electron chi connectivity index (χ1n) is 4.24. The lowest BCUT2D eigenvalue weighted by atomic mass is 10.1. The van der Waals surface area contributed by atoms with Gasteiger partial charge < -0.3 is 0 Å². The van der Waals surface area contributed by atoms with Gasteiger partial charge in [-0.3, -0.25) is 9.17 Å². The molecule has 0 N–H and O–H groups in total. The molecule has 0 aromatic carbocycles. The van der Waals surface area contributed by atoms with E-state index in [1.807, 2.05) is 0 Å². The number of thiocarbonyl (C=S) groups is 1. The number of nitrogens with zero attached hydrogens (tertiary/aromatic N) is 1. The topological polar surface area (TPSA) is 56.3 Å². The minimum Gasteiger partial charge on any atom is -0.265 e. The largest absolute Gasteiger partial charge is 0.265 e. The molecule has 0 saturated heterocycles. The van der Waals surface area contributed by atoms with E-state index in [4.69, 9.17) is 16.4 Å². The fourth-order valence-electron chi connectivity index (χ4n) is 1.08. The molecule has 1 unspecified atom stereocenters. The van der Waals surface area contributed by atoms with E-state index in [1.165, 1.54) is 5.37 Å². The van der Waals surface area contributed by atoms with Gasteiger partial charge in [-0.25, -0.2) is 0 Å².